The van der Waals surface area contributed by atoms with E-state index in [1.54, 1.807) is 12.1 Å². The molecule has 1 saturated carbocycles. The normalized spacial score (nSPS) is 21.0. The number of fused-ring (bicyclic) bond motifs is 1. The Hall–Kier alpha value is -1.09. The Morgan fingerprint density at radius 2 is 2.19 bits per heavy atom. The van der Waals surface area contributed by atoms with Crippen molar-refractivity contribution in [3.8, 4) is 0 Å². The highest BCUT2D eigenvalue weighted by Crippen LogP contribution is 2.46. The predicted octanol–water partition coefficient (Wildman–Crippen LogP) is 1.93. The third-order valence-corrected chi connectivity index (χ3v) is 3.96. The molecule has 2 N–H and O–H groups in total. The third kappa shape index (κ3) is 1.59. The summed E-state index contributed by atoms with van der Waals surface area (Å²) in [6.45, 7) is 2.77. The first-order chi connectivity index (χ1) is 7.72. The highest BCUT2D eigenvalue weighted by molar-refractivity contribution is 5.58. The molecule has 0 saturated heterocycles. The molecule has 3 rings (SSSR count). The van der Waals surface area contributed by atoms with Crippen molar-refractivity contribution in [2.45, 2.75) is 19.3 Å². The quantitative estimate of drug-likeness (QED) is 0.843. The summed E-state index contributed by atoms with van der Waals surface area (Å²) in [5.41, 5.74) is 8.48. The summed E-state index contributed by atoms with van der Waals surface area (Å²) in [7, 11) is 0. The Balaban J connectivity index is 1.83. The Bertz CT molecular complexity index is 412. The zero-order valence-electron chi connectivity index (χ0n) is 9.38. The zero-order valence-corrected chi connectivity index (χ0v) is 9.38. The molecule has 1 fully saturated rings. The first-order valence-corrected chi connectivity index (χ1v) is 5.96. The molecule has 86 valence electrons. The van der Waals surface area contributed by atoms with E-state index in [1.807, 2.05) is 6.07 Å². The monoisotopic (exact) mass is 220 g/mol. The molecule has 0 radical (unpaired) electrons. The predicted molar refractivity (Wildman–Crippen MR) is 63.0 cm³/mol. The van der Waals surface area contributed by atoms with Crippen LogP contribution in [0.3, 0.4) is 0 Å². The Labute approximate surface area is 95.2 Å². The number of anilines is 1. The van der Waals surface area contributed by atoms with Crippen LogP contribution in [-0.4, -0.2) is 19.6 Å². The van der Waals surface area contributed by atoms with E-state index in [9.17, 15) is 4.39 Å². The van der Waals surface area contributed by atoms with E-state index >= 15 is 0 Å². The number of halogens is 1. The molecule has 3 heteroatoms. The summed E-state index contributed by atoms with van der Waals surface area (Å²) in [5, 5.41) is 0. The summed E-state index contributed by atoms with van der Waals surface area (Å²) in [4.78, 5) is 2.30. The molecular weight excluding hydrogens is 203 g/mol. The van der Waals surface area contributed by atoms with Gasteiger partial charge in [-0.25, -0.2) is 4.39 Å². The third-order valence-electron chi connectivity index (χ3n) is 3.96. The lowest BCUT2D eigenvalue weighted by Crippen LogP contribution is -2.33. The van der Waals surface area contributed by atoms with Crippen LogP contribution in [0.4, 0.5) is 10.1 Å². The summed E-state index contributed by atoms with van der Waals surface area (Å²) in [6.07, 6.45) is 3.49. The molecule has 0 unspecified atom stereocenters. The second kappa shape index (κ2) is 3.45. The average molecular weight is 220 g/mol. The number of nitrogens with two attached hydrogens (primary N) is 1. The first-order valence-electron chi connectivity index (χ1n) is 5.96. The molecule has 0 bridgehead atoms. The van der Waals surface area contributed by atoms with Crippen LogP contribution in [0.15, 0.2) is 18.2 Å². The van der Waals surface area contributed by atoms with Crippen LogP contribution in [-0.2, 0) is 6.42 Å². The zero-order chi connectivity index (χ0) is 11.2. The number of hydrogen-bond acceptors (Lipinski definition) is 2. The van der Waals surface area contributed by atoms with Gasteiger partial charge in [0.25, 0.3) is 0 Å². The molecule has 1 heterocycles. The SMILES string of the molecule is NCC1(CN2CCc3ccc(F)cc32)CC1. The van der Waals surface area contributed by atoms with Crippen LogP contribution in [0, 0.1) is 11.2 Å². The van der Waals surface area contributed by atoms with Gasteiger partial charge in [0, 0.05) is 24.2 Å². The fourth-order valence-electron chi connectivity index (χ4n) is 2.59. The maximum Gasteiger partial charge on any atom is 0.125 e. The van der Waals surface area contributed by atoms with Crippen LogP contribution in [0.2, 0.25) is 0 Å². The van der Waals surface area contributed by atoms with E-state index in [2.05, 4.69) is 4.90 Å². The van der Waals surface area contributed by atoms with Crippen molar-refractivity contribution >= 4 is 5.69 Å². The largest absolute Gasteiger partial charge is 0.370 e. The summed E-state index contributed by atoms with van der Waals surface area (Å²) >= 11 is 0. The molecule has 2 nitrogen and oxygen atoms in total. The molecule has 0 spiro atoms. The summed E-state index contributed by atoms with van der Waals surface area (Å²) in [6, 6.07) is 5.12. The van der Waals surface area contributed by atoms with Crippen LogP contribution in [0.25, 0.3) is 0 Å². The Morgan fingerprint density at radius 3 is 2.88 bits per heavy atom. The van der Waals surface area contributed by atoms with Crippen molar-refractivity contribution in [1.29, 1.82) is 0 Å². The first kappa shape index (κ1) is 10.1. The lowest BCUT2D eigenvalue weighted by molar-refractivity contribution is 0.514. The van der Waals surface area contributed by atoms with Crippen molar-refractivity contribution in [1.82, 2.24) is 0 Å². The molecule has 0 amide bonds. The summed E-state index contributed by atoms with van der Waals surface area (Å²) < 4.78 is 13.2. The van der Waals surface area contributed by atoms with Gasteiger partial charge in [-0.15, -0.1) is 0 Å². The van der Waals surface area contributed by atoms with Gasteiger partial charge in [0.1, 0.15) is 5.82 Å². The van der Waals surface area contributed by atoms with E-state index in [0.717, 1.165) is 31.7 Å². The van der Waals surface area contributed by atoms with E-state index in [0.29, 0.717) is 5.41 Å². The standard InChI is InChI=1S/C13H17FN2/c14-11-2-1-10-3-6-16(12(10)7-11)9-13(8-15)4-5-13/h1-2,7H,3-6,8-9,15H2. The molecule has 1 aliphatic carbocycles. The minimum Gasteiger partial charge on any atom is -0.370 e. The molecule has 0 atom stereocenters. The maximum absolute atomic E-state index is 13.2. The van der Waals surface area contributed by atoms with E-state index in [1.165, 1.54) is 18.4 Å². The van der Waals surface area contributed by atoms with Gasteiger partial charge in [0.05, 0.1) is 0 Å². The minimum absolute atomic E-state index is 0.136. The van der Waals surface area contributed by atoms with Crippen molar-refractivity contribution in [2.75, 3.05) is 24.5 Å². The molecule has 1 aromatic carbocycles. The van der Waals surface area contributed by atoms with E-state index in [4.69, 9.17) is 5.73 Å². The van der Waals surface area contributed by atoms with Crippen LogP contribution in [0.5, 0.6) is 0 Å². The number of hydrogen-bond donors (Lipinski definition) is 1. The van der Waals surface area contributed by atoms with Gasteiger partial charge in [-0.2, -0.15) is 0 Å². The number of benzene rings is 1. The van der Waals surface area contributed by atoms with Crippen molar-refractivity contribution < 1.29 is 4.39 Å². The van der Waals surface area contributed by atoms with Crippen molar-refractivity contribution in [3.63, 3.8) is 0 Å². The molecule has 1 aromatic rings. The highest BCUT2D eigenvalue weighted by atomic mass is 19.1. The van der Waals surface area contributed by atoms with Gasteiger partial charge in [-0.1, -0.05) is 6.07 Å². The summed E-state index contributed by atoms with van der Waals surface area (Å²) in [5.74, 6) is -0.136. The number of nitrogens with zero attached hydrogens (tertiary/aromatic N) is 1. The molecule has 0 aromatic heterocycles. The second-order valence-corrected chi connectivity index (χ2v) is 5.15. The van der Waals surface area contributed by atoms with Gasteiger partial charge < -0.3 is 10.6 Å². The van der Waals surface area contributed by atoms with E-state index in [-0.39, 0.29) is 5.82 Å². The second-order valence-electron chi connectivity index (χ2n) is 5.15. The topological polar surface area (TPSA) is 29.3 Å². The Morgan fingerprint density at radius 1 is 1.38 bits per heavy atom. The van der Waals surface area contributed by atoms with Gasteiger partial charge >= 0.3 is 0 Å². The number of rotatable bonds is 3. The highest BCUT2D eigenvalue weighted by Gasteiger charge is 2.43. The van der Waals surface area contributed by atoms with Crippen molar-refractivity contribution in [3.05, 3.63) is 29.6 Å². The van der Waals surface area contributed by atoms with Crippen LogP contribution >= 0.6 is 0 Å². The van der Waals surface area contributed by atoms with Crippen LogP contribution in [0.1, 0.15) is 18.4 Å². The van der Waals surface area contributed by atoms with Gasteiger partial charge in [0.2, 0.25) is 0 Å². The van der Waals surface area contributed by atoms with Gasteiger partial charge in [-0.3, -0.25) is 0 Å². The Kier molecular flexibility index (Phi) is 2.18. The smallest absolute Gasteiger partial charge is 0.125 e. The minimum atomic E-state index is -0.136. The molecule has 2 aliphatic rings. The fraction of sp³-hybridized carbons (Fsp3) is 0.538. The lowest BCUT2D eigenvalue weighted by Gasteiger charge is -2.24. The molecule has 16 heavy (non-hydrogen) atoms. The maximum atomic E-state index is 13.2. The fourth-order valence-corrected chi connectivity index (χ4v) is 2.59. The molecular formula is C13H17FN2. The van der Waals surface area contributed by atoms with E-state index < -0.39 is 0 Å². The van der Waals surface area contributed by atoms with Gasteiger partial charge in [0.15, 0.2) is 0 Å². The molecule has 1 aliphatic heterocycles. The lowest BCUT2D eigenvalue weighted by atomic mass is 10.1. The van der Waals surface area contributed by atoms with Crippen LogP contribution < -0.4 is 10.6 Å². The van der Waals surface area contributed by atoms with Crippen molar-refractivity contribution in [2.24, 2.45) is 11.1 Å². The average Bonchev–Trinajstić information content (AvgIpc) is 2.96. The van der Waals surface area contributed by atoms with Gasteiger partial charge in [-0.05, 0) is 43.5 Å².